The highest BCUT2D eigenvalue weighted by molar-refractivity contribution is 5.94. The molecule has 0 saturated carbocycles. The normalized spacial score (nSPS) is 16.9. The van der Waals surface area contributed by atoms with Crippen molar-refractivity contribution in [2.75, 3.05) is 19.6 Å². The van der Waals surface area contributed by atoms with Crippen molar-refractivity contribution in [2.24, 2.45) is 14.1 Å². The van der Waals surface area contributed by atoms with E-state index in [1.807, 2.05) is 6.92 Å². The second kappa shape index (κ2) is 7.99. The molecule has 2 aromatic heterocycles. The number of halogens is 2. The van der Waals surface area contributed by atoms with Crippen LogP contribution in [0.5, 0.6) is 0 Å². The number of aromatic nitrogens is 3. The van der Waals surface area contributed by atoms with E-state index in [9.17, 15) is 14.4 Å². The summed E-state index contributed by atoms with van der Waals surface area (Å²) in [6.45, 7) is 4.05. The average Bonchev–Trinajstić information content (AvgIpc) is 2.57. The Morgan fingerprint density at radius 3 is 2.52 bits per heavy atom. The largest absolute Gasteiger partial charge is 0.332 e. The second-order valence-electron chi connectivity index (χ2n) is 5.83. The van der Waals surface area contributed by atoms with Crippen LogP contribution in [0.15, 0.2) is 21.7 Å². The van der Waals surface area contributed by atoms with Gasteiger partial charge in [-0.2, -0.15) is 0 Å². The molecule has 1 aliphatic rings. The molecule has 0 spiro atoms. The summed E-state index contributed by atoms with van der Waals surface area (Å²) in [7, 11) is 2.96. The monoisotopic (exact) mass is 389 g/mol. The molecule has 3 rings (SSSR count). The Hall–Kier alpha value is -1.90. The van der Waals surface area contributed by atoms with Gasteiger partial charge in [0.25, 0.3) is 11.5 Å². The summed E-state index contributed by atoms with van der Waals surface area (Å²) in [5, 5.41) is 3.55. The van der Waals surface area contributed by atoms with Crippen LogP contribution in [0.2, 0.25) is 0 Å². The fourth-order valence-corrected chi connectivity index (χ4v) is 2.86. The van der Waals surface area contributed by atoms with Gasteiger partial charge in [-0.25, -0.2) is 9.78 Å². The van der Waals surface area contributed by atoms with Crippen LogP contribution in [0.4, 0.5) is 0 Å². The molecule has 1 atom stereocenters. The summed E-state index contributed by atoms with van der Waals surface area (Å²) in [5.41, 5.74) is -0.401. The summed E-state index contributed by atoms with van der Waals surface area (Å²) in [4.78, 5) is 42.9. The van der Waals surface area contributed by atoms with Crippen molar-refractivity contribution in [3.05, 3.63) is 38.7 Å². The van der Waals surface area contributed by atoms with E-state index in [0.29, 0.717) is 11.9 Å². The third-order valence-electron chi connectivity index (χ3n) is 4.28. The Labute approximate surface area is 156 Å². The fourth-order valence-electron chi connectivity index (χ4n) is 2.86. The van der Waals surface area contributed by atoms with E-state index in [4.69, 9.17) is 0 Å². The van der Waals surface area contributed by atoms with Crippen molar-refractivity contribution in [3.8, 4) is 0 Å². The standard InChI is InChI=1S/C15H19N5O3.2ClH/c1-9-8-16-6-7-20(9)14(22)11-5-4-10-12(17-11)18(2)15(23)19(3)13(10)21;;/h4-5,9,16H,6-8H2,1-3H3;2*1H. The second-order valence-corrected chi connectivity index (χ2v) is 5.83. The van der Waals surface area contributed by atoms with E-state index in [-0.39, 0.29) is 48.1 Å². The molecule has 8 nitrogen and oxygen atoms in total. The highest BCUT2D eigenvalue weighted by Gasteiger charge is 2.25. The van der Waals surface area contributed by atoms with Crippen LogP contribution < -0.4 is 16.6 Å². The molecule has 1 fully saturated rings. The number of nitrogens with zero attached hydrogens (tertiary/aromatic N) is 4. The first-order valence-corrected chi connectivity index (χ1v) is 7.50. The lowest BCUT2D eigenvalue weighted by atomic mass is 10.2. The van der Waals surface area contributed by atoms with Gasteiger partial charge in [0.15, 0.2) is 0 Å². The molecule has 3 heterocycles. The Kier molecular flexibility index (Phi) is 6.75. The first-order valence-electron chi connectivity index (χ1n) is 7.50. The average molecular weight is 390 g/mol. The summed E-state index contributed by atoms with van der Waals surface area (Å²) in [6, 6.07) is 3.18. The molecule has 10 heteroatoms. The minimum Gasteiger partial charge on any atom is -0.332 e. The lowest BCUT2D eigenvalue weighted by molar-refractivity contribution is 0.0650. The number of rotatable bonds is 1. The molecule has 0 aliphatic carbocycles. The zero-order valence-electron chi connectivity index (χ0n) is 14.2. The highest BCUT2D eigenvalue weighted by atomic mass is 35.5. The summed E-state index contributed by atoms with van der Waals surface area (Å²) in [6.07, 6.45) is 0. The van der Waals surface area contributed by atoms with E-state index in [2.05, 4.69) is 10.3 Å². The van der Waals surface area contributed by atoms with Crippen molar-refractivity contribution in [1.29, 1.82) is 0 Å². The van der Waals surface area contributed by atoms with Gasteiger partial charge in [-0.05, 0) is 19.1 Å². The topological polar surface area (TPSA) is 89.2 Å². The number of carbonyl (C=O) groups excluding carboxylic acids is 1. The molecule has 1 saturated heterocycles. The maximum Gasteiger partial charge on any atom is 0.332 e. The number of aryl methyl sites for hydroxylation is 1. The Morgan fingerprint density at radius 1 is 1.20 bits per heavy atom. The van der Waals surface area contributed by atoms with Crippen molar-refractivity contribution in [1.82, 2.24) is 24.3 Å². The number of hydrogen-bond donors (Lipinski definition) is 1. The summed E-state index contributed by atoms with van der Waals surface area (Å²) >= 11 is 0. The maximum atomic E-state index is 12.7. The summed E-state index contributed by atoms with van der Waals surface area (Å²) < 4.78 is 2.32. The molecule has 25 heavy (non-hydrogen) atoms. The van der Waals surface area contributed by atoms with Crippen LogP contribution in [0.1, 0.15) is 17.4 Å². The Morgan fingerprint density at radius 2 is 1.88 bits per heavy atom. The van der Waals surface area contributed by atoms with Gasteiger partial charge in [-0.3, -0.25) is 18.7 Å². The van der Waals surface area contributed by atoms with E-state index in [1.165, 1.54) is 11.6 Å². The zero-order chi connectivity index (χ0) is 16.7. The van der Waals surface area contributed by atoms with Crippen LogP contribution in [0, 0.1) is 0 Å². The molecule has 138 valence electrons. The van der Waals surface area contributed by atoms with Gasteiger partial charge >= 0.3 is 5.69 Å². The number of piperazine rings is 1. The van der Waals surface area contributed by atoms with Gasteiger partial charge in [0.1, 0.15) is 11.3 Å². The minimum absolute atomic E-state index is 0. The molecule has 1 unspecified atom stereocenters. The van der Waals surface area contributed by atoms with Gasteiger partial charge < -0.3 is 10.2 Å². The first kappa shape index (κ1) is 21.1. The molecule has 0 radical (unpaired) electrons. The zero-order valence-corrected chi connectivity index (χ0v) is 15.8. The van der Waals surface area contributed by atoms with Crippen molar-refractivity contribution in [3.63, 3.8) is 0 Å². The van der Waals surface area contributed by atoms with Crippen LogP contribution in [-0.4, -0.2) is 50.6 Å². The quantitative estimate of drug-likeness (QED) is 0.735. The number of amides is 1. The third-order valence-corrected chi connectivity index (χ3v) is 4.28. The molecule has 1 aliphatic heterocycles. The summed E-state index contributed by atoms with van der Waals surface area (Å²) in [5.74, 6) is -0.186. The predicted octanol–water partition coefficient (Wildman–Crippen LogP) is -0.0903. The number of carbonyl (C=O) groups is 1. The van der Waals surface area contributed by atoms with Gasteiger partial charge in [0.2, 0.25) is 0 Å². The molecular formula is C15H21Cl2N5O3. The van der Waals surface area contributed by atoms with Gasteiger partial charge in [-0.1, -0.05) is 0 Å². The van der Waals surface area contributed by atoms with Crippen LogP contribution in [-0.2, 0) is 14.1 Å². The lowest BCUT2D eigenvalue weighted by Crippen LogP contribution is -2.52. The Bertz CT molecular complexity index is 908. The molecule has 1 amide bonds. The predicted molar refractivity (Wildman–Crippen MR) is 100 cm³/mol. The molecule has 0 aromatic carbocycles. The lowest BCUT2D eigenvalue weighted by Gasteiger charge is -2.33. The van der Waals surface area contributed by atoms with E-state index >= 15 is 0 Å². The number of fused-ring (bicyclic) bond motifs is 1. The van der Waals surface area contributed by atoms with Gasteiger partial charge in [0.05, 0.1) is 5.39 Å². The van der Waals surface area contributed by atoms with E-state index < -0.39 is 11.2 Å². The maximum absolute atomic E-state index is 12.7. The van der Waals surface area contributed by atoms with Crippen LogP contribution in [0.25, 0.3) is 11.0 Å². The molecule has 2 aromatic rings. The number of pyridine rings is 1. The van der Waals surface area contributed by atoms with Crippen LogP contribution >= 0.6 is 24.8 Å². The number of hydrogen-bond acceptors (Lipinski definition) is 5. The number of nitrogens with one attached hydrogen (secondary N) is 1. The van der Waals surface area contributed by atoms with Gasteiger partial charge in [0, 0.05) is 39.8 Å². The first-order chi connectivity index (χ1) is 10.9. The van der Waals surface area contributed by atoms with Crippen molar-refractivity contribution < 1.29 is 4.79 Å². The van der Waals surface area contributed by atoms with E-state index in [1.54, 1.807) is 24.1 Å². The highest BCUT2D eigenvalue weighted by Crippen LogP contribution is 2.12. The molecular weight excluding hydrogens is 369 g/mol. The molecule has 1 N–H and O–H groups in total. The van der Waals surface area contributed by atoms with Crippen molar-refractivity contribution in [2.45, 2.75) is 13.0 Å². The fraction of sp³-hybridized carbons (Fsp3) is 0.467. The van der Waals surface area contributed by atoms with E-state index in [0.717, 1.165) is 17.7 Å². The SMILES string of the molecule is CC1CNCCN1C(=O)c1ccc2c(=O)n(C)c(=O)n(C)c2n1.Cl.Cl. The minimum atomic E-state index is -0.463. The smallest absolute Gasteiger partial charge is 0.332 e. The Balaban J connectivity index is 0.00000156. The van der Waals surface area contributed by atoms with Gasteiger partial charge in [-0.15, -0.1) is 24.8 Å². The van der Waals surface area contributed by atoms with Crippen LogP contribution in [0.3, 0.4) is 0 Å². The molecule has 0 bridgehead atoms. The third kappa shape index (κ3) is 3.56. The van der Waals surface area contributed by atoms with Crippen molar-refractivity contribution >= 4 is 41.8 Å².